The molecular formula is C8H15N3O3. The highest BCUT2D eigenvalue weighted by Crippen LogP contribution is 1.95. The van der Waals surface area contributed by atoms with E-state index in [-0.39, 0.29) is 19.4 Å². The van der Waals surface area contributed by atoms with Crippen molar-refractivity contribution < 1.29 is 14.4 Å². The minimum atomic E-state index is -0.927. The molecular weight excluding hydrogens is 186 g/mol. The molecule has 0 radical (unpaired) electrons. The fraction of sp³-hybridized carbons (Fsp3) is 0.625. The Morgan fingerprint density at radius 2 is 1.93 bits per heavy atom. The minimum absolute atomic E-state index is 0.0136. The zero-order valence-corrected chi connectivity index (χ0v) is 8.08. The first-order valence-electron chi connectivity index (χ1n) is 4.24. The Balaban J connectivity index is 3.98. The number of carbonyl (C=O) groups excluding carboxylic acids is 3. The second-order valence-electron chi connectivity index (χ2n) is 2.93. The standard InChI is InChI=1S/C8H15N3O3/c1-11-4-6(12)8(14)5(9)2-3-7(10)13/h5,11H,2-4,9H2,1H3,(H2,10,13)/t5-/m0/s1. The first-order chi connectivity index (χ1) is 6.49. The number of amides is 1. The van der Waals surface area contributed by atoms with Crippen molar-refractivity contribution in [2.24, 2.45) is 11.5 Å². The molecule has 5 N–H and O–H groups in total. The molecule has 0 unspecified atom stereocenters. The van der Waals surface area contributed by atoms with Gasteiger partial charge in [-0.3, -0.25) is 14.4 Å². The fourth-order valence-electron chi connectivity index (χ4n) is 0.883. The highest BCUT2D eigenvalue weighted by Gasteiger charge is 2.20. The van der Waals surface area contributed by atoms with Crippen LogP contribution in [0.15, 0.2) is 0 Å². The van der Waals surface area contributed by atoms with Gasteiger partial charge in [-0.25, -0.2) is 0 Å². The molecule has 0 bridgehead atoms. The average Bonchev–Trinajstić information content (AvgIpc) is 2.13. The molecule has 0 spiro atoms. The summed E-state index contributed by atoms with van der Waals surface area (Å²) in [5.41, 5.74) is 10.3. The topological polar surface area (TPSA) is 115 Å². The van der Waals surface area contributed by atoms with Crippen LogP contribution in [0.5, 0.6) is 0 Å². The lowest BCUT2D eigenvalue weighted by atomic mass is 10.0. The van der Waals surface area contributed by atoms with Crippen LogP contribution in [-0.2, 0) is 14.4 Å². The molecule has 0 heterocycles. The largest absolute Gasteiger partial charge is 0.370 e. The van der Waals surface area contributed by atoms with Crippen molar-refractivity contribution >= 4 is 17.5 Å². The summed E-state index contributed by atoms with van der Waals surface area (Å²) < 4.78 is 0. The van der Waals surface area contributed by atoms with Crippen LogP contribution in [0.1, 0.15) is 12.8 Å². The van der Waals surface area contributed by atoms with E-state index in [0.717, 1.165) is 0 Å². The molecule has 6 nitrogen and oxygen atoms in total. The predicted molar refractivity (Wildman–Crippen MR) is 50.3 cm³/mol. The summed E-state index contributed by atoms with van der Waals surface area (Å²) in [6.45, 7) is -0.0386. The lowest BCUT2D eigenvalue weighted by molar-refractivity contribution is -0.137. The number of hydrogen-bond donors (Lipinski definition) is 3. The number of nitrogens with one attached hydrogen (secondary N) is 1. The first kappa shape index (κ1) is 12.7. The minimum Gasteiger partial charge on any atom is -0.370 e. The van der Waals surface area contributed by atoms with Gasteiger partial charge in [0.1, 0.15) is 0 Å². The van der Waals surface area contributed by atoms with Gasteiger partial charge < -0.3 is 16.8 Å². The van der Waals surface area contributed by atoms with Crippen molar-refractivity contribution in [1.29, 1.82) is 0 Å². The third-order valence-corrected chi connectivity index (χ3v) is 1.65. The van der Waals surface area contributed by atoms with Gasteiger partial charge in [-0.15, -0.1) is 0 Å². The lowest BCUT2D eigenvalue weighted by Gasteiger charge is -2.07. The Morgan fingerprint density at radius 3 is 2.36 bits per heavy atom. The fourth-order valence-corrected chi connectivity index (χ4v) is 0.883. The number of ketones is 2. The van der Waals surface area contributed by atoms with E-state index in [2.05, 4.69) is 5.32 Å². The van der Waals surface area contributed by atoms with E-state index in [1.807, 2.05) is 0 Å². The molecule has 0 saturated heterocycles. The molecule has 6 heteroatoms. The summed E-state index contributed by atoms with van der Waals surface area (Å²) in [7, 11) is 1.56. The Bertz CT molecular complexity index is 240. The first-order valence-corrected chi connectivity index (χ1v) is 4.24. The molecule has 1 atom stereocenters. The molecule has 80 valence electrons. The Kier molecular flexibility index (Phi) is 5.66. The molecule has 0 saturated carbocycles. The van der Waals surface area contributed by atoms with Gasteiger partial charge in [0.05, 0.1) is 12.6 Å². The molecule has 0 rings (SSSR count). The number of primary amides is 1. The van der Waals surface area contributed by atoms with Crippen LogP contribution in [0.25, 0.3) is 0 Å². The lowest BCUT2D eigenvalue weighted by Crippen LogP contribution is -2.40. The zero-order valence-electron chi connectivity index (χ0n) is 8.08. The number of hydrogen-bond acceptors (Lipinski definition) is 5. The normalized spacial score (nSPS) is 12.1. The number of carbonyl (C=O) groups is 3. The van der Waals surface area contributed by atoms with Crippen molar-refractivity contribution in [3.8, 4) is 0 Å². The number of Topliss-reactive ketones (excluding diaryl/α,β-unsaturated/α-hetero) is 2. The van der Waals surface area contributed by atoms with Crippen LogP contribution in [0.2, 0.25) is 0 Å². The van der Waals surface area contributed by atoms with Gasteiger partial charge in [0.25, 0.3) is 0 Å². The highest BCUT2D eigenvalue weighted by atomic mass is 16.2. The van der Waals surface area contributed by atoms with Crippen LogP contribution in [-0.4, -0.2) is 37.1 Å². The van der Waals surface area contributed by atoms with E-state index < -0.39 is 23.5 Å². The van der Waals surface area contributed by atoms with Crippen molar-refractivity contribution in [2.45, 2.75) is 18.9 Å². The molecule has 0 aromatic heterocycles. The molecule has 14 heavy (non-hydrogen) atoms. The van der Waals surface area contributed by atoms with E-state index in [1.165, 1.54) is 0 Å². The third kappa shape index (κ3) is 4.68. The summed E-state index contributed by atoms with van der Waals surface area (Å²) in [4.78, 5) is 32.6. The van der Waals surface area contributed by atoms with Crippen LogP contribution < -0.4 is 16.8 Å². The van der Waals surface area contributed by atoms with Gasteiger partial charge in [-0.05, 0) is 13.5 Å². The maximum Gasteiger partial charge on any atom is 0.217 e. The smallest absolute Gasteiger partial charge is 0.217 e. The summed E-state index contributed by atoms with van der Waals surface area (Å²) in [5, 5.41) is 2.55. The van der Waals surface area contributed by atoms with Crippen LogP contribution >= 0.6 is 0 Å². The molecule has 0 aliphatic rings. The third-order valence-electron chi connectivity index (χ3n) is 1.65. The van der Waals surface area contributed by atoms with E-state index in [4.69, 9.17) is 11.5 Å². The highest BCUT2D eigenvalue weighted by molar-refractivity contribution is 6.39. The van der Waals surface area contributed by atoms with Crippen LogP contribution in [0.3, 0.4) is 0 Å². The Hall–Kier alpha value is -1.27. The predicted octanol–water partition coefficient (Wildman–Crippen LogP) is -2.06. The molecule has 0 aliphatic heterocycles. The zero-order chi connectivity index (χ0) is 11.1. The van der Waals surface area contributed by atoms with E-state index >= 15 is 0 Å². The second kappa shape index (κ2) is 6.22. The quantitative estimate of drug-likeness (QED) is 0.409. The summed E-state index contributed by atoms with van der Waals surface area (Å²) >= 11 is 0. The Labute approximate surface area is 82.0 Å². The van der Waals surface area contributed by atoms with Gasteiger partial charge in [0.15, 0.2) is 0 Å². The summed E-state index contributed by atoms with van der Waals surface area (Å²) in [6.07, 6.45) is 0.128. The summed E-state index contributed by atoms with van der Waals surface area (Å²) in [6, 6.07) is -0.927. The average molecular weight is 201 g/mol. The van der Waals surface area contributed by atoms with Crippen molar-refractivity contribution in [2.75, 3.05) is 13.6 Å². The van der Waals surface area contributed by atoms with Crippen molar-refractivity contribution in [3.05, 3.63) is 0 Å². The Morgan fingerprint density at radius 1 is 1.36 bits per heavy atom. The van der Waals surface area contributed by atoms with Crippen LogP contribution in [0, 0.1) is 0 Å². The number of rotatable bonds is 7. The summed E-state index contributed by atoms with van der Waals surface area (Å²) in [5.74, 6) is -1.78. The maximum absolute atomic E-state index is 11.2. The van der Waals surface area contributed by atoms with E-state index in [9.17, 15) is 14.4 Å². The number of likely N-dealkylation sites (N-methyl/N-ethyl adjacent to an activating group) is 1. The molecule has 0 fully saturated rings. The SMILES string of the molecule is CNCC(=O)C(=O)[C@@H](N)CCC(N)=O. The molecule has 1 amide bonds. The van der Waals surface area contributed by atoms with Gasteiger partial charge in [0.2, 0.25) is 17.5 Å². The molecule has 0 aliphatic carbocycles. The van der Waals surface area contributed by atoms with Gasteiger partial charge in [0, 0.05) is 6.42 Å². The monoisotopic (exact) mass is 201 g/mol. The van der Waals surface area contributed by atoms with Gasteiger partial charge >= 0.3 is 0 Å². The second-order valence-corrected chi connectivity index (χ2v) is 2.93. The van der Waals surface area contributed by atoms with Crippen molar-refractivity contribution in [3.63, 3.8) is 0 Å². The van der Waals surface area contributed by atoms with Crippen molar-refractivity contribution in [1.82, 2.24) is 5.32 Å². The van der Waals surface area contributed by atoms with Gasteiger partial charge in [-0.2, -0.15) is 0 Å². The number of nitrogens with two attached hydrogens (primary N) is 2. The molecule has 0 aromatic rings. The van der Waals surface area contributed by atoms with E-state index in [1.54, 1.807) is 7.05 Å². The van der Waals surface area contributed by atoms with Gasteiger partial charge in [-0.1, -0.05) is 0 Å². The molecule has 0 aromatic carbocycles. The van der Waals surface area contributed by atoms with E-state index in [0.29, 0.717) is 0 Å². The van der Waals surface area contributed by atoms with Crippen LogP contribution in [0.4, 0.5) is 0 Å². The maximum atomic E-state index is 11.2.